The third-order valence-electron chi connectivity index (χ3n) is 3.81. The number of rotatable bonds is 5. The molecule has 5 heteroatoms. The molecule has 0 bridgehead atoms. The van der Waals surface area contributed by atoms with E-state index in [1.165, 1.54) is 12.1 Å². The van der Waals surface area contributed by atoms with Crippen molar-refractivity contribution in [1.29, 1.82) is 0 Å². The molecule has 0 aliphatic heterocycles. The van der Waals surface area contributed by atoms with Crippen molar-refractivity contribution < 1.29 is 13.9 Å². The zero-order valence-corrected chi connectivity index (χ0v) is 14.5. The smallest absolute Gasteiger partial charge is 0.340 e. The second-order valence-corrected chi connectivity index (χ2v) is 6.05. The second kappa shape index (κ2) is 7.53. The predicted octanol–water partition coefficient (Wildman–Crippen LogP) is 5.17. The van der Waals surface area contributed by atoms with E-state index in [1.807, 2.05) is 22.9 Å². The lowest BCUT2D eigenvalue weighted by Crippen LogP contribution is -2.05. The Morgan fingerprint density at radius 3 is 2.40 bits per heavy atom. The number of carbonyl (C=O) groups excluding carboxylic acids is 1. The average molecular weight is 358 g/mol. The van der Waals surface area contributed by atoms with E-state index < -0.39 is 0 Å². The van der Waals surface area contributed by atoms with Gasteiger partial charge in [0.2, 0.25) is 0 Å². The third-order valence-corrected chi connectivity index (χ3v) is 4.06. The molecule has 0 unspecified atom stereocenters. The first-order chi connectivity index (χ1) is 12.1. The van der Waals surface area contributed by atoms with Crippen molar-refractivity contribution in [2.45, 2.75) is 13.5 Å². The molecule has 0 fully saturated rings. The molecule has 0 N–H and O–H groups in total. The van der Waals surface area contributed by atoms with Crippen LogP contribution in [0.1, 0.15) is 22.8 Å². The highest BCUT2D eigenvalue weighted by atomic mass is 35.5. The second-order valence-electron chi connectivity index (χ2n) is 5.61. The molecule has 0 aliphatic carbocycles. The first kappa shape index (κ1) is 17.2. The van der Waals surface area contributed by atoms with Gasteiger partial charge >= 0.3 is 5.97 Å². The molecule has 0 saturated heterocycles. The topological polar surface area (TPSA) is 31.2 Å². The van der Waals surface area contributed by atoms with Crippen LogP contribution in [0.4, 0.5) is 4.39 Å². The Labute approximate surface area is 150 Å². The normalized spacial score (nSPS) is 10.7. The molecule has 0 saturated carbocycles. The number of ether oxygens (including phenoxy) is 1. The first-order valence-electron chi connectivity index (χ1n) is 7.94. The number of benzene rings is 2. The standard InChI is InChI=1S/C20H17ClFNO2/c1-2-25-20(24)19-13-23(11-14-3-9-17(22)10-4-14)12-18(19)15-5-7-16(21)8-6-15/h3-10,12-13H,2,11H2,1H3. The first-order valence-corrected chi connectivity index (χ1v) is 8.32. The SMILES string of the molecule is CCOC(=O)c1cn(Cc2ccc(F)cc2)cc1-c1ccc(Cl)cc1. The van der Waals surface area contributed by atoms with E-state index >= 15 is 0 Å². The summed E-state index contributed by atoms with van der Waals surface area (Å²) in [4.78, 5) is 12.3. The van der Waals surface area contributed by atoms with Crippen molar-refractivity contribution >= 4 is 17.6 Å². The van der Waals surface area contributed by atoms with Gasteiger partial charge in [-0.3, -0.25) is 0 Å². The quantitative estimate of drug-likeness (QED) is 0.590. The van der Waals surface area contributed by atoms with E-state index in [9.17, 15) is 9.18 Å². The van der Waals surface area contributed by atoms with Crippen molar-refractivity contribution in [3.8, 4) is 11.1 Å². The van der Waals surface area contributed by atoms with Crippen LogP contribution in [0, 0.1) is 5.82 Å². The van der Waals surface area contributed by atoms with Crippen LogP contribution in [0.5, 0.6) is 0 Å². The minimum atomic E-state index is -0.370. The molecule has 3 aromatic rings. The van der Waals surface area contributed by atoms with Gasteiger partial charge in [-0.2, -0.15) is 0 Å². The van der Waals surface area contributed by atoms with Gasteiger partial charge in [0.25, 0.3) is 0 Å². The van der Waals surface area contributed by atoms with Gasteiger partial charge < -0.3 is 9.30 Å². The Hall–Kier alpha value is -2.59. The molecule has 2 aromatic carbocycles. The van der Waals surface area contributed by atoms with E-state index in [-0.39, 0.29) is 11.8 Å². The fourth-order valence-corrected chi connectivity index (χ4v) is 2.76. The van der Waals surface area contributed by atoms with Crippen LogP contribution >= 0.6 is 11.6 Å². The molecule has 3 rings (SSSR count). The molecule has 0 aliphatic rings. The predicted molar refractivity (Wildman–Crippen MR) is 96.3 cm³/mol. The summed E-state index contributed by atoms with van der Waals surface area (Å²) < 4.78 is 20.1. The Morgan fingerprint density at radius 2 is 1.76 bits per heavy atom. The lowest BCUT2D eigenvalue weighted by Gasteiger charge is -2.04. The summed E-state index contributed by atoms with van der Waals surface area (Å²) >= 11 is 5.95. The number of hydrogen-bond donors (Lipinski definition) is 0. The highest BCUT2D eigenvalue weighted by Crippen LogP contribution is 2.27. The zero-order chi connectivity index (χ0) is 17.8. The van der Waals surface area contributed by atoms with Gasteiger partial charge in [-0.1, -0.05) is 35.9 Å². The molecule has 1 heterocycles. The number of esters is 1. The van der Waals surface area contributed by atoms with Crippen LogP contribution in [-0.2, 0) is 11.3 Å². The maximum Gasteiger partial charge on any atom is 0.340 e. The van der Waals surface area contributed by atoms with Crippen molar-refractivity contribution in [3.05, 3.63) is 82.9 Å². The van der Waals surface area contributed by atoms with Crippen LogP contribution < -0.4 is 0 Å². The van der Waals surface area contributed by atoms with Gasteiger partial charge in [0.1, 0.15) is 5.82 Å². The summed E-state index contributed by atoms with van der Waals surface area (Å²) in [5.74, 6) is -0.643. The average Bonchev–Trinajstić information content (AvgIpc) is 3.02. The fourth-order valence-electron chi connectivity index (χ4n) is 2.63. The lowest BCUT2D eigenvalue weighted by atomic mass is 10.1. The summed E-state index contributed by atoms with van der Waals surface area (Å²) in [6.45, 7) is 2.61. The van der Waals surface area contributed by atoms with Gasteiger partial charge in [0.15, 0.2) is 0 Å². The van der Waals surface area contributed by atoms with Gasteiger partial charge in [0, 0.05) is 29.5 Å². The van der Waals surface area contributed by atoms with E-state index in [0.29, 0.717) is 23.7 Å². The molecule has 25 heavy (non-hydrogen) atoms. The van der Waals surface area contributed by atoms with E-state index in [4.69, 9.17) is 16.3 Å². The molecule has 0 spiro atoms. The molecule has 0 atom stereocenters. The van der Waals surface area contributed by atoms with Crippen LogP contribution in [0.3, 0.4) is 0 Å². The molecule has 3 nitrogen and oxygen atoms in total. The van der Waals surface area contributed by atoms with Crippen LogP contribution in [0.15, 0.2) is 60.9 Å². The number of carbonyl (C=O) groups is 1. The van der Waals surface area contributed by atoms with E-state index in [1.54, 1.807) is 37.4 Å². The van der Waals surface area contributed by atoms with Crippen LogP contribution in [0.2, 0.25) is 5.02 Å². The van der Waals surface area contributed by atoms with Gasteiger partial charge in [-0.15, -0.1) is 0 Å². The molecule has 128 valence electrons. The maximum absolute atomic E-state index is 13.1. The minimum absolute atomic E-state index is 0.273. The largest absolute Gasteiger partial charge is 0.462 e. The Bertz CT molecular complexity index is 870. The number of aromatic nitrogens is 1. The summed E-state index contributed by atoms with van der Waals surface area (Å²) in [5.41, 5.74) is 3.09. The van der Waals surface area contributed by atoms with E-state index in [0.717, 1.165) is 16.7 Å². The monoisotopic (exact) mass is 357 g/mol. The van der Waals surface area contributed by atoms with Gasteiger partial charge in [0.05, 0.1) is 12.2 Å². The number of nitrogens with zero attached hydrogens (tertiary/aromatic N) is 1. The van der Waals surface area contributed by atoms with Crippen molar-refractivity contribution in [1.82, 2.24) is 4.57 Å². The van der Waals surface area contributed by atoms with Gasteiger partial charge in [-0.05, 0) is 42.3 Å². The van der Waals surface area contributed by atoms with E-state index in [2.05, 4.69) is 0 Å². The zero-order valence-electron chi connectivity index (χ0n) is 13.7. The number of halogens is 2. The summed E-state index contributed by atoms with van der Waals surface area (Å²) in [6.07, 6.45) is 3.64. The molecule has 0 amide bonds. The molecular weight excluding hydrogens is 341 g/mol. The summed E-state index contributed by atoms with van der Waals surface area (Å²) in [5, 5.41) is 0.632. The number of hydrogen-bond acceptors (Lipinski definition) is 2. The Balaban J connectivity index is 1.97. The van der Waals surface area contributed by atoms with Crippen molar-refractivity contribution in [3.63, 3.8) is 0 Å². The Morgan fingerprint density at radius 1 is 1.08 bits per heavy atom. The third kappa shape index (κ3) is 4.09. The van der Waals surface area contributed by atoms with Crippen molar-refractivity contribution in [2.24, 2.45) is 0 Å². The fraction of sp³-hybridized carbons (Fsp3) is 0.150. The molecule has 1 aromatic heterocycles. The molecular formula is C20H17ClFNO2. The van der Waals surface area contributed by atoms with Gasteiger partial charge in [-0.25, -0.2) is 9.18 Å². The maximum atomic E-state index is 13.1. The minimum Gasteiger partial charge on any atom is -0.462 e. The highest BCUT2D eigenvalue weighted by Gasteiger charge is 2.17. The highest BCUT2D eigenvalue weighted by molar-refractivity contribution is 6.30. The lowest BCUT2D eigenvalue weighted by molar-refractivity contribution is 0.0527. The Kier molecular flexibility index (Phi) is 5.19. The summed E-state index contributed by atoms with van der Waals surface area (Å²) in [6, 6.07) is 13.6. The van der Waals surface area contributed by atoms with Crippen molar-refractivity contribution in [2.75, 3.05) is 6.61 Å². The van der Waals surface area contributed by atoms with Crippen LogP contribution in [-0.4, -0.2) is 17.1 Å². The molecule has 0 radical (unpaired) electrons. The van der Waals surface area contributed by atoms with Crippen LogP contribution in [0.25, 0.3) is 11.1 Å². The summed E-state index contributed by atoms with van der Waals surface area (Å²) in [7, 11) is 0.